The standard InChI is InChI=1S/C41H41O7P/c1-43-31-18-9-7-14-27(31)29-16-11-17-30(28-15-8-10-19-32(28)44-2)41(29)49-37(39-33(45-3)20-12-21-34(39)46-4)24-26(42)25-38(49)40-35(47-5)22-13-23-36(40)48-6/h7-23,37-38H,24-25H2,1-6H3. The van der Waals surface area contributed by atoms with Crippen LogP contribution >= 0.6 is 7.92 Å². The molecule has 0 N–H and O–H groups in total. The number of hydrogen-bond acceptors (Lipinski definition) is 7. The van der Waals surface area contributed by atoms with Gasteiger partial charge in [0.25, 0.3) is 0 Å². The van der Waals surface area contributed by atoms with Crippen molar-refractivity contribution in [3.8, 4) is 56.8 Å². The summed E-state index contributed by atoms with van der Waals surface area (Å²) in [5.74, 6) is 4.33. The van der Waals surface area contributed by atoms with Gasteiger partial charge in [-0.15, -0.1) is 0 Å². The summed E-state index contributed by atoms with van der Waals surface area (Å²) < 4.78 is 36.0. The molecule has 1 aliphatic heterocycles. The molecule has 252 valence electrons. The number of ether oxygens (including phenoxy) is 6. The Bertz CT molecular complexity index is 1780. The van der Waals surface area contributed by atoms with Crippen LogP contribution < -0.4 is 33.7 Å². The third-order valence-electron chi connectivity index (χ3n) is 9.20. The van der Waals surface area contributed by atoms with Crippen LogP contribution in [0.25, 0.3) is 22.3 Å². The lowest BCUT2D eigenvalue weighted by Gasteiger charge is -2.42. The summed E-state index contributed by atoms with van der Waals surface area (Å²) in [5.41, 5.74) is 5.06. The van der Waals surface area contributed by atoms with Gasteiger partial charge in [0.2, 0.25) is 0 Å². The molecule has 0 radical (unpaired) electrons. The summed E-state index contributed by atoms with van der Waals surface area (Å²) in [7, 11) is 8.70. The summed E-state index contributed by atoms with van der Waals surface area (Å²) in [5, 5.41) is 1.11. The number of carbonyl (C=O) groups excluding carboxylic acids is 1. The Morgan fingerprint density at radius 3 is 1.10 bits per heavy atom. The van der Waals surface area contributed by atoms with Crippen LogP contribution in [0.3, 0.4) is 0 Å². The lowest BCUT2D eigenvalue weighted by atomic mass is 9.97. The first-order valence-corrected chi connectivity index (χ1v) is 17.6. The molecule has 0 saturated carbocycles. The Morgan fingerprint density at radius 2 is 0.735 bits per heavy atom. The maximum atomic E-state index is 14.1. The molecule has 0 bridgehead atoms. The van der Waals surface area contributed by atoms with E-state index in [1.165, 1.54) is 0 Å². The van der Waals surface area contributed by atoms with Gasteiger partial charge in [-0.2, -0.15) is 0 Å². The van der Waals surface area contributed by atoms with Gasteiger partial charge >= 0.3 is 0 Å². The number of hydrogen-bond donors (Lipinski definition) is 0. The second-order valence-corrected chi connectivity index (χ2v) is 14.1. The fourth-order valence-corrected chi connectivity index (χ4v) is 11.0. The second-order valence-electron chi connectivity index (χ2n) is 11.6. The van der Waals surface area contributed by atoms with Gasteiger partial charge in [0.1, 0.15) is 40.3 Å². The molecule has 2 unspecified atom stereocenters. The molecule has 1 fully saturated rings. The Balaban J connectivity index is 1.79. The van der Waals surface area contributed by atoms with Gasteiger partial charge in [0.05, 0.1) is 42.7 Å². The SMILES string of the molecule is COc1ccccc1-c1cccc(-c2ccccc2OC)c1P1C(c2c(OC)cccc2OC)CC(=O)CC1c1c(OC)cccc1OC. The van der Waals surface area contributed by atoms with Crippen LogP contribution in [0.15, 0.2) is 103 Å². The molecular weight excluding hydrogens is 635 g/mol. The van der Waals surface area contributed by atoms with E-state index in [9.17, 15) is 4.79 Å². The molecule has 0 spiro atoms. The smallest absolute Gasteiger partial charge is 0.134 e. The van der Waals surface area contributed by atoms with Crippen molar-refractivity contribution in [1.29, 1.82) is 0 Å². The zero-order valence-electron chi connectivity index (χ0n) is 28.7. The average molecular weight is 677 g/mol. The maximum absolute atomic E-state index is 14.1. The van der Waals surface area contributed by atoms with Crippen LogP contribution in [0.1, 0.15) is 35.3 Å². The first-order valence-electron chi connectivity index (χ1n) is 16.1. The molecule has 2 atom stereocenters. The minimum atomic E-state index is -1.34. The Labute approximate surface area is 289 Å². The molecule has 6 rings (SSSR count). The summed E-state index contributed by atoms with van der Waals surface area (Å²) in [6, 6.07) is 34.1. The van der Waals surface area contributed by atoms with Crippen molar-refractivity contribution in [2.24, 2.45) is 0 Å². The van der Waals surface area contributed by atoms with E-state index in [1.54, 1.807) is 42.7 Å². The average Bonchev–Trinajstić information content (AvgIpc) is 3.16. The molecule has 5 aromatic carbocycles. The van der Waals surface area contributed by atoms with E-state index in [4.69, 9.17) is 28.4 Å². The predicted molar refractivity (Wildman–Crippen MR) is 196 cm³/mol. The molecule has 8 heteroatoms. The highest BCUT2D eigenvalue weighted by molar-refractivity contribution is 7.67. The number of para-hydroxylation sites is 2. The van der Waals surface area contributed by atoms with Crippen molar-refractivity contribution < 1.29 is 33.2 Å². The normalized spacial score (nSPS) is 17.3. The van der Waals surface area contributed by atoms with E-state index in [0.717, 1.165) is 50.2 Å². The fourth-order valence-electron chi connectivity index (χ4n) is 7.13. The van der Waals surface area contributed by atoms with Crippen LogP contribution in [-0.2, 0) is 4.79 Å². The van der Waals surface area contributed by atoms with Crippen molar-refractivity contribution in [3.63, 3.8) is 0 Å². The van der Waals surface area contributed by atoms with E-state index in [0.29, 0.717) is 35.8 Å². The molecule has 5 aromatic rings. The van der Waals surface area contributed by atoms with E-state index in [2.05, 4.69) is 30.3 Å². The molecule has 7 nitrogen and oxygen atoms in total. The van der Waals surface area contributed by atoms with E-state index >= 15 is 0 Å². The van der Waals surface area contributed by atoms with Crippen LogP contribution in [0.2, 0.25) is 0 Å². The third kappa shape index (κ3) is 6.31. The summed E-state index contributed by atoms with van der Waals surface area (Å²) in [6.45, 7) is 0. The van der Waals surface area contributed by atoms with Crippen LogP contribution in [0.5, 0.6) is 34.5 Å². The molecule has 49 heavy (non-hydrogen) atoms. The molecule has 0 aromatic heterocycles. The van der Waals surface area contributed by atoms with Crippen LogP contribution in [-0.4, -0.2) is 48.4 Å². The fraction of sp³-hybridized carbons (Fsp3) is 0.244. The molecular formula is C41H41O7P. The monoisotopic (exact) mass is 676 g/mol. The largest absolute Gasteiger partial charge is 0.496 e. The molecule has 0 aliphatic carbocycles. The Morgan fingerprint density at radius 1 is 0.429 bits per heavy atom. The minimum absolute atomic E-state index is 0.142. The second kappa shape index (κ2) is 15.0. The van der Waals surface area contributed by atoms with Crippen LogP contribution in [0, 0.1) is 0 Å². The van der Waals surface area contributed by atoms with Gasteiger partial charge in [0, 0.05) is 46.4 Å². The first-order chi connectivity index (χ1) is 24.0. The van der Waals surface area contributed by atoms with Gasteiger partial charge in [-0.05, 0) is 52.8 Å². The van der Waals surface area contributed by atoms with E-state index < -0.39 is 7.92 Å². The van der Waals surface area contributed by atoms with Crippen molar-refractivity contribution in [2.75, 3.05) is 42.7 Å². The lowest BCUT2D eigenvalue weighted by Crippen LogP contribution is -2.27. The van der Waals surface area contributed by atoms with Crippen molar-refractivity contribution in [3.05, 3.63) is 114 Å². The lowest BCUT2D eigenvalue weighted by molar-refractivity contribution is -0.119. The number of methoxy groups -OCH3 is 6. The summed E-state index contributed by atoms with van der Waals surface area (Å²) >= 11 is 0. The highest BCUT2D eigenvalue weighted by Gasteiger charge is 2.45. The quantitative estimate of drug-likeness (QED) is 0.129. The van der Waals surface area contributed by atoms with Crippen molar-refractivity contribution in [2.45, 2.75) is 24.2 Å². The zero-order valence-corrected chi connectivity index (χ0v) is 29.6. The minimum Gasteiger partial charge on any atom is -0.496 e. The van der Waals surface area contributed by atoms with E-state index in [-0.39, 0.29) is 17.1 Å². The van der Waals surface area contributed by atoms with Crippen molar-refractivity contribution in [1.82, 2.24) is 0 Å². The van der Waals surface area contributed by atoms with Gasteiger partial charge in [-0.1, -0.05) is 74.7 Å². The molecule has 1 saturated heterocycles. The van der Waals surface area contributed by atoms with Crippen LogP contribution in [0.4, 0.5) is 0 Å². The van der Waals surface area contributed by atoms with Crippen molar-refractivity contribution >= 4 is 19.0 Å². The highest BCUT2D eigenvalue weighted by atomic mass is 31.1. The number of benzene rings is 5. The van der Waals surface area contributed by atoms with Gasteiger partial charge in [0.15, 0.2) is 0 Å². The summed E-state index contributed by atoms with van der Waals surface area (Å²) in [4.78, 5) is 14.1. The Kier molecular flexibility index (Phi) is 10.4. The number of Topliss-reactive ketones (excluding diaryl/α,β-unsaturated/α-hetero) is 1. The maximum Gasteiger partial charge on any atom is 0.134 e. The molecule has 0 amide bonds. The summed E-state index contributed by atoms with van der Waals surface area (Å²) in [6.07, 6.45) is 0.615. The third-order valence-corrected chi connectivity index (χ3v) is 12.4. The Hall–Kier alpha value is -5.00. The van der Waals surface area contributed by atoms with Gasteiger partial charge in [-0.3, -0.25) is 4.79 Å². The topological polar surface area (TPSA) is 72.5 Å². The zero-order chi connectivity index (χ0) is 34.5. The van der Waals surface area contributed by atoms with E-state index in [1.807, 2.05) is 72.8 Å². The first kappa shape index (κ1) is 33.9. The van der Waals surface area contributed by atoms with Gasteiger partial charge in [-0.25, -0.2) is 0 Å². The number of rotatable bonds is 11. The van der Waals surface area contributed by atoms with Gasteiger partial charge < -0.3 is 28.4 Å². The predicted octanol–water partition coefficient (Wildman–Crippen LogP) is 9.02. The molecule has 1 heterocycles. The number of ketones is 1. The number of carbonyl (C=O) groups is 1. The molecule has 1 aliphatic rings. The highest BCUT2D eigenvalue weighted by Crippen LogP contribution is 2.71.